The maximum atomic E-state index is 12.6. The number of benzene rings is 1. The fourth-order valence-corrected chi connectivity index (χ4v) is 3.62. The minimum atomic E-state index is -0.331. The predicted molar refractivity (Wildman–Crippen MR) is 95.7 cm³/mol. The van der Waals surface area contributed by atoms with E-state index < -0.39 is 0 Å². The molecule has 0 radical (unpaired) electrons. The second-order valence-electron chi connectivity index (χ2n) is 5.01. The van der Waals surface area contributed by atoms with Crippen molar-refractivity contribution in [2.45, 2.75) is 13.8 Å². The smallest absolute Gasteiger partial charge is 0.258 e. The third-order valence-electron chi connectivity index (χ3n) is 3.63. The summed E-state index contributed by atoms with van der Waals surface area (Å²) in [6.45, 7) is 3.56. The van der Waals surface area contributed by atoms with Crippen LogP contribution in [0.2, 0.25) is 10.0 Å². The summed E-state index contributed by atoms with van der Waals surface area (Å²) < 4.78 is 0.833. The fraction of sp³-hybridized carbons (Fsp3) is 0.133. The number of nitrogens with one attached hydrogen (secondary N) is 1. The minimum absolute atomic E-state index is 0.331. The van der Waals surface area contributed by atoms with E-state index in [0.29, 0.717) is 43.6 Å². The maximum Gasteiger partial charge on any atom is 0.258 e. The number of nitrogens with zero attached hydrogens (tertiary/aromatic N) is 2. The molecule has 0 fully saturated rings. The van der Waals surface area contributed by atoms with Crippen LogP contribution in [0.5, 0.6) is 0 Å². The van der Waals surface area contributed by atoms with Gasteiger partial charge in [-0.2, -0.15) is 0 Å². The van der Waals surface area contributed by atoms with E-state index in [1.807, 2.05) is 0 Å². The Labute approximate surface area is 146 Å². The van der Waals surface area contributed by atoms with Crippen LogP contribution in [0, 0.1) is 13.8 Å². The Morgan fingerprint density at radius 3 is 2.57 bits per heavy atom. The normalized spacial score (nSPS) is 11.0. The number of carbonyl (C=O) groups is 1. The molecule has 23 heavy (non-hydrogen) atoms. The van der Waals surface area contributed by atoms with Crippen molar-refractivity contribution in [3.05, 3.63) is 44.6 Å². The molecule has 8 heteroatoms. The zero-order valence-corrected chi connectivity index (χ0v) is 14.6. The van der Waals surface area contributed by atoms with Gasteiger partial charge in [-0.15, -0.1) is 11.3 Å². The van der Waals surface area contributed by atoms with Crippen molar-refractivity contribution in [3.63, 3.8) is 0 Å². The van der Waals surface area contributed by atoms with Gasteiger partial charge in [0, 0.05) is 17.3 Å². The number of aromatic nitrogens is 2. The van der Waals surface area contributed by atoms with Gasteiger partial charge in [0.1, 0.15) is 6.33 Å². The number of anilines is 2. The number of amides is 1. The van der Waals surface area contributed by atoms with E-state index in [2.05, 4.69) is 15.3 Å². The van der Waals surface area contributed by atoms with Crippen molar-refractivity contribution in [2.24, 2.45) is 0 Å². The van der Waals surface area contributed by atoms with E-state index in [4.69, 9.17) is 28.9 Å². The van der Waals surface area contributed by atoms with Crippen LogP contribution in [0.3, 0.4) is 0 Å². The Morgan fingerprint density at radius 2 is 1.91 bits per heavy atom. The van der Waals surface area contributed by atoms with E-state index in [1.54, 1.807) is 25.4 Å². The number of rotatable bonds is 2. The summed E-state index contributed by atoms with van der Waals surface area (Å²) in [5.74, 6) is -0.331. The van der Waals surface area contributed by atoms with E-state index >= 15 is 0 Å². The summed E-state index contributed by atoms with van der Waals surface area (Å²) in [6, 6.07) is 0. The van der Waals surface area contributed by atoms with Crippen LogP contribution in [0.15, 0.2) is 17.9 Å². The van der Waals surface area contributed by atoms with Crippen molar-refractivity contribution in [2.75, 3.05) is 11.1 Å². The molecule has 2 aromatic heterocycles. The first kappa shape index (κ1) is 16.0. The summed E-state index contributed by atoms with van der Waals surface area (Å²) >= 11 is 14.0. The maximum absolute atomic E-state index is 12.6. The van der Waals surface area contributed by atoms with Gasteiger partial charge < -0.3 is 11.1 Å². The lowest BCUT2D eigenvalue weighted by molar-refractivity contribution is 0.102. The van der Waals surface area contributed by atoms with Gasteiger partial charge in [0.15, 0.2) is 0 Å². The van der Waals surface area contributed by atoms with Crippen LogP contribution in [-0.4, -0.2) is 15.9 Å². The molecule has 3 N–H and O–H groups in total. The fourth-order valence-electron chi connectivity index (χ4n) is 2.22. The average Bonchev–Trinajstić information content (AvgIpc) is 2.99. The van der Waals surface area contributed by atoms with E-state index in [9.17, 15) is 4.79 Å². The van der Waals surface area contributed by atoms with Gasteiger partial charge in [0.25, 0.3) is 5.91 Å². The van der Waals surface area contributed by atoms with Gasteiger partial charge in [-0.3, -0.25) is 4.79 Å². The molecular weight excluding hydrogens is 355 g/mol. The number of fused-ring (bicyclic) bond motifs is 1. The molecule has 0 unspecified atom stereocenters. The second-order valence-corrected chi connectivity index (χ2v) is 6.67. The van der Waals surface area contributed by atoms with E-state index in [-0.39, 0.29) is 5.91 Å². The van der Waals surface area contributed by atoms with Gasteiger partial charge in [-0.05, 0) is 25.0 Å². The number of hydrogen-bond donors (Lipinski definition) is 2. The summed E-state index contributed by atoms with van der Waals surface area (Å²) in [4.78, 5) is 20.7. The third kappa shape index (κ3) is 2.63. The summed E-state index contributed by atoms with van der Waals surface area (Å²) in [7, 11) is 0. The highest BCUT2D eigenvalue weighted by atomic mass is 35.5. The van der Waals surface area contributed by atoms with Crippen LogP contribution in [0.4, 0.5) is 11.4 Å². The Hall–Kier alpha value is -1.89. The van der Waals surface area contributed by atoms with Gasteiger partial charge in [0.2, 0.25) is 0 Å². The predicted octanol–water partition coefficient (Wildman–Crippen LogP) is 4.45. The molecule has 1 aromatic carbocycles. The quantitative estimate of drug-likeness (QED) is 0.656. The van der Waals surface area contributed by atoms with Crippen LogP contribution in [-0.2, 0) is 0 Å². The molecule has 0 bridgehead atoms. The van der Waals surface area contributed by atoms with Crippen LogP contribution in [0.1, 0.15) is 21.5 Å². The number of hydrogen-bond acceptors (Lipinski definition) is 5. The molecule has 3 rings (SSSR count). The first-order valence-corrected chi connectivity index (χ1v) is 8.27. The lowest BCUT2D eigenvalue weighted by atomic mass is 10.1. The second kappa shape index (κ2) is 5.96. The molecule has 0 saturated carbocycles. The van der Waals surface area contributed by atoms with Crippen molar-refractivity contribution >= 4 is 62.0 Å². The highest BCUT2D eigenvalue weighted by Crippen LogP contribution is 2.40. The summed E-state index contributed by atoms with van der Waals surface area (Å²) in [6.07, 6.45) is 3.07. The first-order chi connectivity index (χ1) is 10.9. The molecule has 0 saturated heterocycles. The Kier molecular flexibility index (Phi) is 4.14. The number of halogens is 2. The van der Waals surface area contributed by atoms with Gasteiger partial charge in [-0.1, -0.05) is 23.2 Å². The van der Waals surface area contributed by atoms with Gasteiger partial charge >= 0.3 is 0 Å². The zero-order valence-electron chi connectivity index (χ0n) is 12.3. The third-order valence-corrected chi connectivity index (χ3v) is 5.48. The number of nitrogen functional groups attached to an aromatic ring is 1. The molecule has 0 aliphatic heterocycles. The Balaban J connectivity index is 2.04. The molecule has 0 aliphatic carbocycles. The van der Waals surface area contributed by atoms with Crippen LogP contribution < -0.4 is 11.1 Å². The standard InChI is InChI=1S/C15H12Cl2N4OS/c1-6-10(16)14(11(17)7(2)12(6)18)21-15(22)8-4-23-9-3-19-5-20-13(8)9/h3-5H,18H2,1-2H3,(H,21,22). The molecule has 118 valence electrons. The monoisotopic (exact) mass is 366 g/mol. The molecule has 2 heterocycles. The molecule has 0 spiro atoms. The van der Waals surface area contributed by atoms with Crippen molar-refractivity contribution in [3.8, 4) is 0 Å². The van der Waals surface area contributed by atoms with Crippen LogP contribution >= 0.6 is 34.5 Å². The minimum Gasteiger partial charge on any atom is -0.398 e. The summed E-state index contributed by atoms with van der Waals surface area (Å²) in [5.41, 5.74) is 9.24. The largest absolute Gasteiger partial charge is 0.398 e. The topological polar surface area (TPSA) is 80.9 Å². The Bertz CT molecular complexity index is 910. The van der Waals surface area contributed by atoms with Crippen LogP contribution in [0.25, 0.3) is 10.2 Å². The Morgan fingerprint density at radius 1 is 1.26 bits per heavy atom. The molecule has 0 aliphatic rings. The lowest BCUT2D eigenvalue weighted by Crippen LogP contribution is -2.13. The zero-order chi connectivity index (χ0) is 16.7. The molecule has 5 nitrogen and oxygen atoms in total. The highest BCUT2D eigenvalue weighted by Gasteiger charge is 2.20. The lowest BCUT2D eigenvalue weighted by Gasteiger charge is -2.16. The van der Waals surface area contributed by atoms with Crippen molar-refractivity contribution in [1.29, 1.82) is 0 Å². The van der Waals surface area contributed by atoms with Crippen molar-refractivity contribution < 1.29 is 4.79 Å². The molecule has 3 aromatic rings. The molecular formula is C15H12Cl2N4OS. The average molecular weight is 367 g/mol. The number of thiophene rings is 1. The summed E-state index contributed by atoms with van der Waals surface area (Å²) in [5, 5.41) is 5.17. The van der Waals surface area contributed by atoms with E-state index in [0.717, 1.165) is 4.70 Å². The molecule has 1 amide bonds. The number of nitrogens with two attached hydrogens (primary N) is 1. The number of carbonyl (C=O) groups excluding carboxylic acids is 1. The SMILES string of the molecule is Cc1c(N)c(C)c(Cl)c(NC(=O)c2csc3cncnc23)c1Cl. The first-order valence-electron chi connectivity index (χ1n) is 6.64. The van der Waals surface area contributed by atoms with E-state index in [1.165, 1.54) is 17.7 Å². The van der Waals surface area contributed by atoms with Gasteiger partial charge in [-0.25, -0.2) is 9.97 Å². The highest BCUT2D eigenvalue weighted by molar-refractivity contribution is 7.17. The van der Waals surface area contributed by atoms with Crippen molar-refractivity contribution in [1.82, 2.24) is 9.97 Å². The van der Waals surface area contributed by atoms with Gasteiger partial charge in [0.05, 0.1) is 31.5 Å². The molecule has 0 atom stereocenters.